The summed E-state index contributed by atoms with van der Waals surface area (Å²) < 4.78 is 1.03. The van der Waals surface area contributed by atoms with Crippen molar-refractivity contribution in [1.82, 2.24) is 10.2 Å². The molecule has 0 spiro atoms. The summed E-state index contributed by atoms with van der Waals surface area (Å²) in [7, 11) is 0. The predicted octanol–water partition coefficient (Wildman–Crippen LogP) is 3.39. The van der Waals surface area contributed by atoms with E-state index in [2.05, 4.69) is 56.4 Å². The summed E-state index contributed by atoms with van der Waals surface area (Å²) >= 11 is 9.00. The zero-order valence-corrected chi connectivity index (χ0v) is 15.7. The number of aryl methyl sites for hydroxylation is 1. The van der Waals surface area contributed by atoms with Crippen LogP contribution >= 0.6 is 28.1 Å². The smallest absolute Gasteiger partial charge is 0.170 e. The Hall–Kier alpha value is -1.09. The molecule has 0 radical (unpaired) electrons. The van der Waals surface area contributed by atoms with Gasteiger partial charge in [0.05, 0.1) is 5.69 Å². The highest BCUT2D eigenvalue weighted by atomic mass is 79.9. The first-order valence-corrected chi connectivity index (χ1v) is 9.28. The summed E-state index contributed by atoms with van der Waals surface area (Å²) in [6.07, 6.45) is 8.06. The molecule has 3 fully saturated rings. The maximum Gasteiger partial charge on any atom is 0.170 e. The number of nitrogens with one attached hydrogen (secondary N) is 2. The number of terminal acetylenes is 1. The number of thiocarbonyl (C=S) groups is 1. The molecule has 4 unspecified atom stereocenters. The number of piperidine rings is 3. The zero-order chi connectivity index (χ0) is 16.4. The van der Waals surface area contributed by atoms with Crippen molar-refractivity contribution in [2.45, 2.75) is 25.8 Å². The number of rotatable bonds is 3. The molecule has 2 bridgehead atoms. The quantitative estimate of drug-likeness (QED) is 0.609. The Morgan fingerprint density at radius 3 is 3.00 bits per heavy atom. The third kappa shape index (κ3) is 3.88. The van der Waals surface area contributed by atoms with Gasteiger partial charge < -0.3 is 10.6 Å². The van der Waals surface area contributed by atoms with Crippen LogP contribution in [0.2, 0.25) is 0 Å². The minimum atomic E-state index is 0.439. The van der Waals surface area contributed by atoms with Gasteiger partial charge in [0, 0.05) is 29.5 Å². The summed E-state index contributed by atoms with van der Waals surface area (Å²) in [4.78, 5) is 2.52. The standard InChI is InChI=1S/C18H22BrN3S/c1-3-13-11-22-7-6-14(13)9-15(22)10-20-18(23)21-17-5-4-12(2)8-16(17)19/h1,4-5,8,13-15H,6-7,9-11H2,2H3,(H2,20,21,23). The van der Waals surface area contributed by atoms with E-state index in [9.17, 15) is 0 Å². The number of benzene rings is 1. The molecule has 122 valence electrons. The summed E-state index contributed by atoms with van der Waals surface area (Å²) in [6.45, 7) is 5.15. The van der Waals surface area contributed by atoms with Crippen LogP contribution in [0.5, 0.6) is 0 Å². The van der Waals surface area contributed by atoms with Crippen LogP contribution in [0.3, 0.4) is 0 Å². The van der Waals surface area contributed by atoms with E-state index in [0.29, 0.717) is 23.0 Å². The minimum Gasteiger partial charge on any atom is -0.361 e. The van der Waals surface area contributed by atoms with E-state index in [1.54, 1.807) is 0 Å². The second kappa shape index (κ2) is 7.21. The Bertz CT molecular complexity index is 640. The van der Waals surface area contributed by atoms with E-state index in [0.717, 1.165) is 23.2 Å². The number of fused-ring (bicyclic) bond motifs is 3. The van der Waals surface area contributed by atoms with Crippen molar-refractivity contribution in [2.24, 2.45) is 11.8 Å². The second-order valence-corrected chi connectivity index (χ2v) is 7.79. The van der Waals surface area contributed by atoms with Gasteiger partial charge >= 0.3 is 0 Å². The van der Waals surface area contributed by atoms with Gasteiger partial charge in [-0.2, -0.15) is 0 Å². The van der Waals surface area contributed by atoms with E-state index < -0.39 is 0 Å². The number of hydrogen-bond acceptors (Lipinski definition) is 2. The molecule has 23 heavy (non-hydrogen) atoms. The van der Waals surface area contributed by atoms with Crippen molar-refractivity contribution < 1.29 is 0 Å². The van der Waals surface area contributed by atoms with Gasteiger partial charge in [-0.3, -0.25) is 4.90 Å². The van der Waals surface area contributed by atoms with Crippen LogP contribution in [0.25, 0.3) is 0 Å². The molecule has 5 heteroatoms. The average Bonchev–Trinajstić information content (AvgIpc) is 2.56. The van der Waals surface area contributed by atoms with Gasteiger partial charge in [-0.15, -0.1) is 12.3 Å². The minimum absolute atomic E-state index is 0.439. The Balaban J connectivity index is 1.51. The zero-order valence-electron chi connectivity index (χ0n) is 13.3. The van der Waals surface area contributed by atoms with Crippen molar-refractivity contribution in [3.8, 4) is 12.3 Å². The molecule has 4 atom stereocenters. The molecule has 3 nitrogen and oxygen atoms in total. The molecule has 3 aliphatic heterocycles. The fraction of sp³-hybridized carbons (Fsp3) is 0.500. The highest BCUT2D eigenvalue weighted by Crippen LogP contribution is 2.35. The van der Waals surface area contributed by atoms with Crippen LogP contribution in [0.15, 0.2) is 22.7 Å². The summed E-state index contributed by atoms with van der Waals surface area (Å²) in [5.74, 6) is 4.08. The predicted molar refractivity (Wildman–Crippen MR) is 104 cm³/mol. The molecule has 0 saturated carbocycles. The van der Waals surface area contributed by atoms with Crippen LogP contribution in [0.4, 0.5) is 5.69 Å². The van der Waals surface area contributed by atoms with Gasteiger partial charge in [-0.05, 0) is 78.1 Å². The molecule has 3 heterocycles. The number of halogens is 1. The monoisotopic (exact) mass is 391 g/mol. The van der Waals surface area contributed by atoms with E-state index in [4.69, 9.17) is 18.6 Å². The SMILES string of the molecule is C#CC1CN2CCC1CC2CNC(=S)Nc1ccc(C)cc1Br. The maximum atomic E-state index is 5.64. The Morgan fingerprint density at radius 2 is 2.35 bits per heavy atom. The van der Waals surface area contributed by atoms with Crippen molar-refractivity contribution >= 4 is 38.9 Å². The van der Waals surface area contributed by atoms with Crippen LogP contribution in [0.1, 0.15) is 18.4 Å². The van der Waals surface area contributed by atoms with Crippen molar-refractivity contribution in [2.75, 3.05) is 25.0 Å². The molecule has 3 saturated heterocycles. The number of hydrogen-bond donors (Lipinski definition) is 2. The fourth-order valence-electron chi connectivity index (χ4n) is 3.64. The largest absolute Gasteiger partial charge is 0.361 e. The molecule has 0 aromatic heterocycles. The lowest BCUT2D eigenvalue weighted by atomic mass is 9.76. The van der Waals surface area contributed by atoms with Gasteiger partial charge in [-0.25, -0.2) is 0 Å². The first-order valence-electron chi connectivity index (χ1n) is 8.08. The van der Waals surface area contributed by atoms with Gasteiger partial charge in [0.1, 0.15) is 0 Å². The average molecular weight is 392 g/mol. The third-order valence-corrected chi connectivity index (χ3v) is 5.87. The summed E-state index contributed by atoms with van der Waals surface area (Å²) in [5, 5.41) is 7.30. The number of nitrogens with zero attached hydrogens (tertiary/aromatic N) is 1. The highest BCUT2D eigenvalue weighted by molar-refractivity contribution is 9.10. The van der Waals surface area contributed by atoms with Gasteiger partial charge in [0.25, 0.3) is 0 Å². The number of anilines is 1. The Morgan fingerprint density at radius 1 is 1.52 bits per heavy atom. The van der Waals surface area contributed by atoms with Gasteiger partial charge in [-0.1, -0.05) is 6.07 Å². The molecule has 4 rings (SSSR count). The van der Waals surface area contributed by atoms with E-state index in [1.165, 1.54) is 24.9 Å². The lowest BCUT2D eigenvalue weighted by Crippen LogP contribution is -2.56. The van der Waals surface area contributed by atoms with E-state index >= 15 is 0 Å². The van der Waals surface area contributed by atoms with Crippen LogP contribution in [-0.4, -0.2) is 35.7 Å². The van der Waals surface area contributed by atoms with Crippen LogP contribution < -0.4 is 10.6 Å². The van der Waals surface area contributed by atoms with Gasteiger partial charge in [0.2, 0.25) is 0 Å². The molecule has 2 N–H and O–H groups in total. The van der Waals surface area contributed by atoms with E-state index in [-0.39, 0.29) is 0 Å². The fourth-order valence-corrected chi connectivity index (χ4v) is 4.42. The topological polar surface area (TPSA) is 27.3 Å². The third-order valence-electron chi connectivity index (χ3n) is 4.96. The molecular weight excluding hydrogens is 370 g/mol. The van der Waals surface area contributed by atoms with Crippen molar-refractivity contribution in [3.05, 3.63) is 28.2 Å². The summed E-state index contributed by atoms with van der Waals surface area (Å²) in [6, 6.07) is 6.73. The molecule has 1 aromatic rings. The molecule has 1 aromatic carbocycles. The lowest BCUT2D eigenvalue weighted by molar-refractivity contribution is 0.0248. The normalized spacial score (nSPS) is 28.9. The van der Waals surface area contributed by atoms with Crippen LogP contribution in [0, 0.1) is 31.1 Å². The highest BCUT2D eigenvalue weighted by Gasteiger charge is 2.39. The summed E-state index contributed by atoms with van der Waals surface area (Å²) in [5.41, 5.74) is 2.21. The van der Waals surface area contributed by atoms with Gasteiger partial charge in [0.15, 0.2) is 5.11 Å². The van der Waals surface area contributed by atoms with E-state index in [1.807, 2.05) is 6.07 Å². The maximum absolute atomic E-state index is 5.64. The van der Waals surface area contributed by atoms with Crippen molar-refractivity contribution in [3.63, 3.8) is 0 Å². The Labute approximate surface area is 152 Å². The second-order valence-electron chi connectivity index (χ2n) is 6.52. The molecule has 3 aliphatic rings. The van der Waals surface area contributed by atoms with Crippen LogP contribution in [-0.2, 0) is 0 Å². The Kier molecular flexibility index (Phi) is 5.25. The first kappa shape index (κ1) is 16.8. The molecule has 0 amide bonds. The lowest BCUT2D eigenvalue weighted by Gasteiger charge is -2.48. The van der Waals surface area contributed by atoms with Crippen molar-refractivity contribution in [1.29, 1.82) is 0 Å². The molecular formula is C18H22BrN3S. The molecule has 0 aliphatic carbocycles. The first-order chi connectivity index (χ1) is 11.1.